The Morgan fingerprint density at radius 3 is 2.24 bits per heavy atom. The second kappa shape index (κ2) is 10.3. The van der Waals surface area contributed by atoms with Crippen LogP contribution in [-0.2, 0) is 9.47 Å². The Bertz CT molecular complexity index is 1310. The molecule has 0 amide bonds. The van der Waals surface area contributed by atoms with Crippen LogP contribution in [0.3, 0.4) is 0 Å². The summed E-state index contributed by atoms with van der Waals surface area (Å²) in [4.78, 5) is 2.58. The molecule has 2 aromatic rings. The molecule has 1 aliphatic carbocycles. The molecule has 3 heterocycles. The molecule has 2 saturated heterocycles. The summed E-state index contributed by atoms with van der Waals surface area (Å²) in [5, 5.41) is 6.89. The van der Waals surface area contributed by atoms with Crippen LogP contribution >= 0.6 is 7.36 Å². The molecular weight excluding hydrogens is 493 g/mol. The Balaban J connectivity index is 1.69. The lowest BCUT2D eigenvalue weighted by Gasteiger charge is -2.45. The third-order valence-electron chi connectivity index (χ3n) is 8.20. The highest BCUT2D eigenvalue weighted by molar-refractivity contribution is 7.71. The van der Waals surface area contributed by atoms with E-state index in [4.69, 9.17) is 19.3 Å². The van der Waals surface area contributed by atoms with E-state index in [2.05, 4.69) is 90.6 Å². The molecule has 8 heteroatoms. The summed E-state index contributed by atoms with van der Waals surface area (Å²) in [5.41, 5.74) is 7.45. The smallest absolute Gasteiger partial charge is 0.180 e. The number of morpholine rings is 2. The topological polar surface area (TPSA) is 52.9 Å². The Morgan fingerprint density at radius 2 is 1.53 bits per heavy atom. The van der Waals surface area contributed by atoms with Crippen LogP contribution in [0, 0.1) is 19.3 Å². The van der Waals surface area contributed by atoms with Crippen molar-refractivity contribution >= 4 is 24.4 Å². The zero-order valence-electron chi connectivity index (χ0n) is 23.2. The van der Waals surface area contributed by atoms with Gasteiger partial charge in [-0.1, -0.05) is 44.2 Å². The fourth-order valence-electron chi connectivity index (χ4n) is 6.12. The molecule has 6 rings (SSSR count). The molecule has 2 fully saturated rings. The average Bonchev–Trinajstić information content (AvgIpc) is 3.26. The van der Waals surface area contributed by atoms with E-state index < -0.39 is 7.36 Å². The maximum atomic E-state index is 5.89. The number of fused-ring (bicyclic) bond motifs is 1. The molecular formula is C30H40N5O2P. The minimum atomic E-state index is -2.53. The number of aryl methyl sites for hydroxylation is 1. The summed E-state index contributed by atoms with van der Waals surface area (Å²) in [6.45, 7) is 15.6. The third-order valence-corrected chi connectivity index (χ3v) is 11.9. The summed E-state index contributed by atoms with van der Waals surface area (Å²) < 4.78 is 22.5. The van der Waals surface area contributed by atoms with Crippen molar-refractivity contribution in [2.75, 3.05) is 57.4 Å². The molecule has 3 aliphatic heterocycles. The normalized spacial score (nSPS) is 25.8. The van der Waals surface area contributed by atoms with Crippen molar-refractivity contribution in [3.63, 3.8) is 0 Å². The van der Waals surface area contributed by atoms with Gasteiger partial charge in [-0.2, -0.15) is 5.10 Å². The molecule has 1 atom stereocenters. The van der Waals surface area contributed by atoms with Crippen molar-refractivity contribution in [3.05, 3.63) is 70.7 Å². The van der Waals surface area contributed by atoms with E-state index in [1.54, 1.807) is 0 Å². The number of allylic oxidation sites excluding steroid dienone is 2. The Kier molecular flexibility index (Phi) is 6.98. The highest BCUT2D eigenvalue weighted by Gasteiger charge is 2.52. The lowest BCUT2D eigenvalue weighted by atomic mass is 9.78. The Morgan fingerprint density at radius 1 is 0.842 bits per heavy atom. The van der Waals surface area contributed by atoms with Crippen LogP contribution in [0.1, 0.15) is 37.8 Å². The molecule has 1 unspecified atom stereocenters. The van der Waals surface area contributed by atoms with Gasteiger partial charge in [-0.15, -0.1) is 0 Å². The minimum absolute atomic E-state index is 0.128. The number of hydrogen-bond donors (Lipinski definition) is 0. The molecule has 4 aliphatic rings. The van der Waals surface area contributed by atoms with E-state index in [1.165, 1.54) is 27.8 Å². The van der Waals surface area contributed by atoms with E-state index in [9.17, 15) is 0 Å². The zero-order valence-corrected chi connectivity index (χ0v) is 24.1. The molecule has 0 N–H and O–H groups in total. The maximum Gasteiger partial charge on any atom is 0.180 e. The number of benzene rings is 2. The standard InChI is InChI=1S/C30H40N5O2P/c1-23-9-8-12-26(24(23)2)32-38(34-15-19-37-20-16-34)29-27(31-35(38)25-10-6-5-7-11-25)21-30(3,4)22-28(29)33-13-17-36-18-14-33/h5-12H,13-22H2,1-4H3. The van der Waals surface area contributed by atoms with Gasteiger partial charge in [-0.25, -0.2) is 14.2 Å². The first kappa shape index (κ1) is 25.8. The fourth-order valence-corrected chi connectivity index (χ4v) is 10.1. The fraction of sp³-hybridized carbons (Fsp3) is 0.500. The van der Waals surface area contributed by atoms with Crippen LogP contribution in [0.2, 0.25) is 0 Å². The zero-order chi connectivity index (χ0) is 26.3. The quantitative estimate of drug-likeness (QED) is 0.418. The predicted octanol–water partition coefficient (Wildman–Crippen LogP) is 6.54. The summed E-state index contributed by atoms with van der Waals surface area (Å²) in [6, 6.07) is 17.2. The van der Waals surface area contributed by atoms with Crippen LogP contribution in [0.5, 0.6) is 0 Å². The number of nitrogens with zero attached hydrogens (tertiary/aromatic N) is 5. The summed E-state index contributed by atoms with van der Waals surface area (Å²) in [5.74, 6) is 0. The number of rotatable bonds is 4. The van der Waals surface area contributed by atoms with Gasteiger partial charge in [-0.05, 0) is 61.4 Å². The summed E-state index contributed by atoms with van der Waals surface area (Å²) >= 11 is 0. The van der Waals surface area contributed by atoms with Crippen LogP contribution in [-0.4, -0.2) is 67.9 Å². The third kappa shape index (κ3) is 4.54. The van der Waals surface area contributed by atoms with E-state index in [0.717, 1.165) is 63.6 Å². The Hall–Kier alpha value is -2.44. The monoisotopic (exact) mass is 533 g/mol. The van der Waals surface area contributed by atoms with Crippen molar-refractivity contribution < 1.29 is 9.47 Å². The molecule has 0 radical (unpaired) electrons. The Labute approximate surface area is 227 Å². The number of hydrogen-bond acceptors (Lipinski definition) is 5. The first-order valence-corrected chi connectivity index (χ1v) is 15.6. The van der Waals surface area contributed by atoms with Crippen molar-refractivity contribution in [1.82, 2.24) is 9.57 Å². The lowest BCUT2D eigenvalue weighted by molar-refractivity contribution is 0.0488. The van der Waals surface area contributed by atoms with E-state index in [-0.39, 0.29) is 5.41 Å². The van der Waals surface area contributed by atoms with Gasteiger partial charge >= 0.3 is 0 Å². The first-order valence-electron chi connectivity index (χ1n) is 13.9. The van der Waals surface area contributed by atoms with Crippen LogP contribution in [0.4, 0.5) is 11.4 Å². The van der Waals surface area contributed by atoms with Gasteiger partial charge in [-0.3, -0.25) is 0 Å². The van der Waals surface area contributed by atoms with Crippen LogP contribution < -0.4 is 4.78 Å². The maximum absolute atomic E-state index is 5.89. The summed E-state index contributed by atoms with van der Waals surface area (Å²) in [6.07, 6.45) is 1.98. The van der Waals surface area contributed by atoms with Gasteiger partial charge in [0.15, 0.2) is 7.36 Å². The highest BCUT2D eigenvalue weighted by Crippen LogP contribution is 2.72. The second-order valence-corrected chi connectivity index (χ2v) is 14.3. The molecule has 202 valence electrons. The van der Waals surface area contributed by atoms with E-state index >= 15 is 0 Å². The van der Waals surface area contributed by atoms with Crippen molar-refractivity contribution in [1.29, 1.82) is 0 Å². The van der Waals surface area contributed by atoms with Crippen molar-refractivity contribution in [2.45, 2.75) is 40.5 Å². The highest BCUT2D eigenvalue weighted by atomic mass is 31.2. The molecule has 0 spiro atoms. The average molecular weight is 534 g/mol. The lowest BCUT2D eigenvalue weighted by Crippen LogP contribution is -2.42. The van der Waals surface area contributed by atoms with Gasteiger partial charge < -0.3 is 14.4 Å². The molecule has 0 bridgehead atoms. The van der Waals surface area contributed by atoms with Crippen molar-refractivity contribution in [3.8, 4) is 0 Å². The molecule has 0 saturated carbocycles. The second-order valence-electron chi connectivity index (χ2n) is 11.5. The number of para-hydroxylation sites is 1. The predicted molar refractivity (Wildman–Crippen MR) is 156 cm³/mol. The van der Waals surface area contributed by atoms with Crippen LogP contribution in [0.25, 0.3) is 0 Å². The largest absolute Gasteiger partial charge is 0.379 e. The number of anilines is 1. The van der Waals surface area contributed by atoms with Gasteiger partial charge in [0.2, 0.25) is 0 Å². The van der Waals surface area contributed by atoms with Crippen molar-refractivity contribution in [2.24, 2.45) is 15.3 Å². The molecule has 38 heavy (non-hydrogen) atoms. The van der Waals surface area contributed by atoms with E-state index in [1.807, 2.05) is 0 Å². The number of hydrazone groups is 1. The van der Waals surface area contributed by atoms with E-state index in [0.29, 0.717) is 13.2 Å². The number of ether oxygens (including phenoxy) is 2. The van der Waals surface area contributed by atoms with Gasteiger partial charge in [0.05, 0.1) is 48.8 Å². The SMILES string of the molecule is Cc1cccc(N=P2(N3CCOCC3)C3=C(N4CCOCC4)CC(C)(C)CC3=NN2c2ccccc2)c1C. The van der Waals surface area contributed by atoms with Gasteiger partial charge in [0.25, 0.3) is 0 Å². The minimum Gasteiger partial charge on any atom is -0.379 e. The van der Waals surface area contributed by atoms with Gasteiger partial charge in [0.1, 0.15) is 0 Å². The molecule has 7 nitrogen and oxygen atoms in total. The molecule has 0 aromatic heterocycles. The van der Waals surface area contributed by atoms with Crippen LogP contribution in [0.15, 0.2) is 69.4 Å². The van der Waals surface area contributed by atoms with Gasteiger partial charge in [0, 0.05) is 31.9 Å². The molecule has 2 aromatic carbocycles. The summed E-state index contributed by atoms with van der Waals surface area (Å²) in [7, 11) is -2.53. The first-order chi connectivity index (χ1) is 18.4.